The Morgan fingerprint density at radius 2 is 0.458 bits per heavy atom. The van der Waals surface area contributed by atoms with Gasteiger partial charge in [0.1, 0.15) is 0 Å². The van der Waals surface area contributed by atoms with Crippen molar-refractivity contribution < 1.29 is 0 Å². The summed E-state index contributed by atoms with van der Waals surface area (Å²) in [5.74, 6) is 0. The first-order chi connectivity index (χ1) is 23.8. The number of benzene rings is 7. The fourth-order valence-corrected chi connectivity index (χ4v) is 6.33. The molecular formula is C47H33N. The molecule has 0 amide bonds. The van der Waals surface area contributed by atoms with Gasteiger partial charge in [0.25, 0.3) is 0 Å². The van der Waals surface area contributed by atoms with Gasteiger partial charge in [-0.2, -0.15) is 0 Å². The van der Waals surface area contributed by atoms with E-state index in [1.807, 2.05) is 6.07 Å². The second kappa shape index (κ2) is 13.2. The molecule has 8 aromatic rings. The molecule has 0 saturated heterocycles. The van der Waals surface area contributed by atoms with Gasteiger partial charge in [0, 0.05) is 11.1 Å². The number of hydrogen-bond acceptors (Lipinski definition) is 1. The van der Waals surface area contributed by atoms with E-state index >= 15 is 0 Å². The predicted octanol–water partition coefficient (Wildman–Crippen LogP) is 12.8. The number of pyridine rings is 1. The SMILES string of the molecule is c1ccc(-c2cccc(-c3cccc(-c4cccc(-c5ccc(-c6cc(-c7ccccc7)cc(-c7ccccc7)n6)cc5)c4)c3)c2)cc1. The van der Waals surface area contributed by atoms with E-state index in [4.69, 9.17) is 4.98 Å². The zero-order chi connectivity index (χ0) is 32.1. The van der Waals surface area contributed by atoms with Crippen LogP contribution in [0.25, 0.3) is 78.1 Å². The third kappa shape index (κ3) is 6.23. The minimum Gasteiger partial charge on any atom is -0.248 e. The molecule has 8 rings (SSSR count). The van der Waals surface area contributed by atoms with Gasteiger partial charge >= 0.3 is 0 Å². The standard InChI is InChI=1S/C47H33N/c1-4-13-34(14-5-1)39-19-10-21-41(29-39)43-23-12-24-44(31-43)42-22-11-20-40(30-42)36-25-27-38(28-26-36)47-33-45(35-15-6-2-7-16-35)32-46(48-47)37-17-8-3-9-18-37/h1-33H. The van der Waals surface area contributed by atoms with Crippen molar-refractivity contribution in [2.45, 2.75) is 0 Å². The van der Waals surface area contributed by atoms with Crippen LogP contribution in [0, 0.1) is 0 Å². The van der Waals surface area contributed by atoms with E-state index < -0.39 is 0 Å². The topological polar surface area (TPSA) is 12.9 Å². The van der Waals surface area contributed by atoms with E-state index in [2.05, 4.69) is 194 Å². The molecule has 7 aromatic carbocycles. The van der Waals surface area contributed by atoms with Crippen molar-refractivity contribution in [2.24, 2.45) is 0 Å². The maximum Gasteiger partial charge on any atom is 0.0715 e. The molecule has 1 heterocycles. The van der Waals surface area contributed by atoms with E-state index in [1.54, 1.807) is 0 Å². The van der Waals surface area contributed by atoms with Crippen LogP contribution in [0.15, 0.2) is 200 Å². The molecule has 48 heavy (non-hydrogen) atoms. The summed E-state index contributed by atoms with van der Waals surface area (Å²) < 4.78 is 0. The molecular weight excluding hydrogens is 579 g/mol. The second-order valence-electron chi connectivity index (χ2n) is 12.0. The van der Waals surface area contributed by atoms with Crippen LogP contribution in [0.2, 0.25) is 0 Å². The van der Waals surface area contributed by atoms with Gasteiger partial charge in [-0.25, -0.2) is 4.98 Å². The Balaban J connectivity index is 1.09. The van der Waals surface area contributed by atoms with Crippen LogP contribution in [0.4, 0.5) is 0 Å². The van der Waals surface area contributed by atoms with Crippen LogP contribution >= 0.6 is 0 Å². The lowest BCUT2D eigenvalue weighted by Crippen LogP contribution is -1.91. The lowest BCUT2D eigenvalue weighted by atomic mass is 9.94. The fraction of sp³-hybridized carbons (Fsp3) is 0. The summed E-state index contributed by atoms with van der Waals surface area (Å²) in [5.41, 5.74) is 16.1. The maximum absolute atomic E-state index is 5.11. The monoisotopic (exact) mass is 611 g/mol. The molecule has 226 valence electrons. The molecule has 0 N–H and O–H groups in total. The highest BCUT2D eigenvalue weighted by Crippen LogP contribution is 2.34. The molecule has 0 radical (unpaired) electrons. The summed E-state index contributed by atoms with van der Waals surface area (Å²) in [6, 6.07) is 71.1. The van der Waals surface area contributed by atoms with Crippen molar-refractivity contribution in [1.82, 2.24) is 4.98 Å². The summed E-state index contributed by atoms with van der Waals surface area (Å²) in [7, 11) is 0. The summed E-state index contributed by atoms with van der Waals surface area (Å²) in [6.07, 6.45) is 0. The molecule has 0 atom stereocenters. The maximum atomic E-state index is 5.11. The minimum atomic E-state index is 0.962. The molecule has 1 aromatic heterocycles. The normalized spacial score (nSPS) is 10.9. The minimum absolute atomic E-state index is 0.962. The Morgan fingerprint density at radius 1 is 0.188 bits per heavy atom. The number of nitrogens with zero attached hydrogens (tertiary/aromatic N) is 1. The summed E-state index contributed by atoms with van der Waals surface area (Å²) in [4.78, 5) is 5.11. The summed E-state index contributed by atoms with van der Waals surface area (Å²) in [6.45, 7) is 0. The second-order valence-corrected chi connectivity index (χ2v) is 12.0. The van der Waals surface area contributed by atoms with Crippen LogP contribution in [0.3, 0.4) is 0 Å². The Labute approximate surface area is 282 Å². The summed E-state index contributed by atoms with van der Waals surface area (Å²) in [5, 5.41) is 0. The highest BCUT2D eigenvalue weighted by atomic mass is 14.7. The Kier molecular flexibility index (Phi) is 8.01. The Bertz CT molecular complexity index is 2250. The molecule has 0 fully saturated rings. The largest absolute Gasteiger partial charge is 0.248 e. The van der Waals surface area contributed by atoms with Crippen molar-refractivity contribution >= 4 is 0 Å². The molecule has 0 aliphatic carbocycles. The van der Waals surface area contributed by atoms with Crippen LogP contribution in [-0.4, -0.2) is 4.98 Å². The molecule has 1 heteroatoms. The highest BCUT2D eigenvalue weighted by molar-refractivity contribution is 5.81. The van der Waals surface area contributed by atoms with E-state index in [0.717, 1.165) is 28.1 Å². The smallest absolute Gasteiger partial charge is 0.0715 e. The van der Waals surface area contributed by atoms with E-state index in [1.165, 1.54) is 50.1 Å². The van der Waals surface area contributed by atoms with Gasteiger partial charge in [0.05, 0.1) is 11.4 Å². The predicted molar refractivity (Wildman–Crippen MR) is 202 cm³/mol. The van der Waals surface area contributed by atoms with Gasteiger partial charge in [-0.05, 0) is 86.0 Å². The van der Waals surface area contributed by atoms with Gasteiger partial charge in [-0.15, -0.1) is 0 Å². The quantitative estimate of drug-likeness (QED) is 0.175. The lowest BCUT2D eigenvalue weighted by molar-refractivity contribution is 1.32. The van der Waals surface area contributed by atoms with Crippen molar-refractivity contribution in [1.29, 1.82) is 0 Å². The first-order valence-corrected chi connectivity index (χ1v) is 16.4. The molecule has 0 aliphatic rings. The van der Waals surface area contributed by atoms with Crippen LogP contribution < -0.4 is 0 Å². The van der Waals surface area contributed by atoms with Crippen molar-refractivity contribution in [2.75, 3.05) is 0 Å². The van der Waals surface area contributed by atoms with E-state index in [9.17, 15) is 0 Å². The van der Waals surface area contributed by atoms with Gasteiger partial charge in [-0.1, -0.05) is 170 Å². The average molecular weight is 612 g/mol. The lowest BCUT2D eigenvalue weighted by Gasteiger charge is -2.12. The number of rotatable bonds is 7. The summed E-state index contributed by atoms with van der Waals surface area (Å²) >= 11 is 0. The van der Waals surface area contributed by atoms with Gasteiger partial charge in [0.15, 0.2) is 0 Å². The molecule has 0 bridgehead atoms. The molecule has 0 unspecified atom stereocenters. The van der Waals surface area contributed by atoms with Gasteiger partial charge in [0.2, 0.25) is 0 Å². The van der Waals surface area contributed by atoms with Crippen molar-refractivity contribution in [3.8, 4) is 78.1 Å². The number of hydrogen-bond donors (Lipinski definition) is 0. The van der Waals surface area contributed by atoms with Gasteiger partial charge in [-0.3, -0.25) is 0 Å². The zero-order valence-corrected chi connectivity index (χ0v) is 26.5. The third-order valence-electron chi connectivity index (χ3n) is 8.88. The average Bonchev–Trinajstić information content (AvgIpc) is 3.19. The van der Waals surface area contributed by atoms with Crippen LogP contribution in [0.1, 0.15) is 0 Å². The van der Waals surface area contributed by atoms with E-state index in [-0.39, 0.29) is 0 Å². The first-order valence-electron chi connectivity index (χ1n) is 16.4. The fourth-order valence-electron chi connectivity index (χ4n) is 6.33. The van der Waals surface area contributed by atoms with Crippen molar-refractivity contribution in [3.05, 3.63) is 200 Å². The van der Waals surface area contributed by atoms with Crippen LogP contribution in [-0.2, 0) is 0 Å². The van der Waals surface area contributed by atoms with Crippen molar-refractivity contribution in [3.63, 3.8) is 0 Å². The first kappa shape index (κ1) is 29.1. The Hall–Kier alpha value is -6.31. The van der Waals surface area contributed by atoms with E-state index in [0.29, 0.717) is 0 Å². The highest BCUT2D eigenvalue weighted by Gasteiger charge is 2.10. The molecule has 0 aliphatic heterocycles. The third-order valence-corrected chi connectivity index (χ3v) is 8.88. The molecule has 0 saturated carbocycles. The molecule has 0 spiro atoms. The van der Waals surface area contributed by atoms with Gasteiger partial charge < -0.3 is 0 Å². The van der Waals surface area contributed by atoms with Crippen LogP contribution in [0.5, 0.6) is 0 Å². The number of aromatic nitrogens is 1. The zero-order valence-electron chi connectivity index (χ0n) is 26.5. The molecule has 1 nitrogen and oxygen atoms in total. The Morgan fingerprint density at radius 3 is 0.875 bits per heavy atom.